The van der Waals surface area contributed by atoms with Crippen LogP contribution in [0.15, 0.2) is 77.7 Å². The van der Waals surface area contributed by atoms with Crippen molar-refractivity contribution in [2.24, 2.45) is 0 Å². The van der Waals surface area contributed by atoms with E-state index in [1.807, 2.05) is 0 Å². The van der Waals surface area contributed by atoms with Crippen molar-refractivity contribution in [1.82, 2.24) is 9.55 Å². The van der Waals surface area contributed by atoms with Crippen LogP contribution in [0.2, 0.25) is 5.02 Å². The van der Waals surface area contributed by atoms with Crippen molar-refractivity contribution < 1.29 is 9.59 Å². The summed E-state index contributed by atoms with van der Waals surface area (Å²) in [5.41, 5.74) is 1.46. The van der Waals surface area contributed by atoms with Crippen molar-refractivity contribution >= 4 is 40.0 Å². The zero-order valence-electron chi connectivity index (χ0n) is 16.6. The number of hydrogen-bond acceptors (Lipinski definition) is 4. The number of benzene rings is 2. The third-order valence-corrected chi connectivity index (χ3v) is 5.13. The number of nitrogens with one attached hydrogen (secondary N) is 1. The number of rotatable bonds is 5. The summed E-state index contributed by atoms with van der Waals surface area (Å²) >= 11 is 6.12. The molecule has 4 aromatic rings. The average Bonchev–Trinajstić information content (AvgIpc) is 2.77. The Morgan fingerprint density at radius 3 is 2.45 bits per heavy atom. The van der Waals surface area contributed by atoms with Crippen LogP contribution in [0.25, 0.3) is 11.0 Å². The van der Waals surface area contributed by atoms with E-state index in [4.69, 9.17) is 11.6 Å². The smallest absolute Gasteiger partial charge is 0.244 e. The van der Waals surface area contributed by atoms with Gasteiger partial charge in [-0.2, -0.15) is 0 Å². The van der Waals surface area contributed by atoms with Gasteiger partial charge >= 0.3 is 0 Å². The zero-order valence-corrected chi connectivity index (χ0v) is 17.4. The topological polar surface area (TPSA) is 81.1 Å². The lowest BCUT2D eigenvalue weighted by atomic mass is 10.0. The molecule has 0 saturated carbocycles. The number of carbonyl (C=O) groups excluding carboxylic acids is 2. The first-order valence-electron chi connectivity index (χ1n) is 9.59. The number of pyridine rings is 2. The molecule has 2 aromatic carbocycles. The molecular formula is C24H18ClN3O3. The van der Waals surface area contributed by atoms with Gasteiger partial charge in [0.25, 0.3) is 0 Å². The van der Waals surface area contributed by atoms with Crippen molar-refractivity contribution in [3.05, 3.63) is 105 Å². The molecule has 2 aromatic heterocycles. The van der Waals surface area contributed by atoms with Gasteiger partial charge in [-0.25, -0.2) is 4.98 Å². The number of aryl methyl sites for hydroxylation is 1. The van der Waals surface area contributed by atoms with Gasteiger partial charge in [-0.3, -0.25) is 14.4 Å². The molecule has 0 radical (unpaired) electrons. The number of halogens is 1. The Labute approximate surface area is 183 Å². The normalized spacial score (nSPS) is 10.8. The number of para-hydroxylation sites is 1. The number of hydrogen-bond donors (Lipinski definition) is 1. The summed E-state index contributed by atoms with van der Waals surface area (Å²) in [6.07, 6.45) is 1.40. The lowest BCUT2D eigenvalue weighted by molar-refractivity contribution is -0.116. The maximum Gasteiger partial charge on any atom is 0.244 e. The van der Waals surface area contributed by atoms with Crippen molar-refractivity contribution in [2.45, 2.75) is 13.5 Å². The fourth-order valence-electron chi connectivity index (χ4n) is 3.29. The molecule has 0 saturated heterocycles. The number of fused-ring (bicyclic) bond motifs is 1. The largest absolute Gasteiger partial charge is 0.323 e. The molecule has 0 spiro atoms. The molecule has 0 aliphatic carbocycles. The summed E-state index contributed by atoms with van der Waals surface area (Å²) in [6.45, 7) is 1.65. The average molecular weight is 432 g/mol. The van der Waals surface area contributed by atoms with Crippen LogP contribution in [-0.4, -0.2) is 21.2 Å². The predicted molar refractivity (Wildman–Crippen MR) is 121 cm³/mol. The summed E-state index contributed by atoms with van der Waals surface area (Å²) < 4.78 is 1.52. The molecule has 0 unspecified atom stereocenters. The van der Waals surface area contributed by atoms with Gasteiger partial charge in [-0.1, -0.05) is 54.1 Å². The first-order valence-corrected chi connectivity index (χ1v) is 9.97. The van der Waals surface area contributed by atoms with Crippen LogP contribution in [0.3, 0.4) is 0 Å². The number of aromatic nitrogens is 2. The Hall–Kier alpha value is -3.77. The Kier molecular flexibility index (Phi) is 5.64. The standard InChI is InChI=1S/C24H18ClN3O3/c1-15-11-12-17-23(31)18(22(30)16-7-3-2-4-8-16)13-28(24(17)26-15)14-21(29)27-20-10-6-5-9-19(20)25/h2-13H,14H2,1H3,(H,27,29). The second kappa shape index (κ2) is 8.53. The minimum absolute atomic E-state index is 0.0186. The SMILES string of the molecule is Cc1ccc2c(=O)c(C(=O)c3ccccc3)cn(CC(=O)Nc3ccccc3Cl)c2n1. The van der Waals surface area contributed by atoms with Gasteiger partial charge in [0, 0.05) is 17.5 Å². The van der Waals surface area contributed by atoms with E-state index in [0.717, 1.165) is 0 Å². The molecule has 0 fully saturated rings. The summed E-state index contributed by atoms with van der Waals surface area (Å²) in [7, 11) is 0. The summed E-state index contributed by atoms with van der Waals surface area (Å²) in [6, 6.07) is 18.8. The number of carbonyl (C=O) groups is 2. The Morgan fingerprint density at radius 1 is 1.00 bits per heavy atom. The third kappa shape index (κ3) is 4.25. The highest BCUT2D eigenvalue weighted by Crippen LogP contribution is 2.21. The van der Waals surface area contributed by atoms with E-state index < -0.39 is 11.2 Å². The highest BCUT2D eigenvalue weighted by atomic mass is 35.5. The highest BCUT2D eigenvalue weighted by molar-refractivity contribution is 6.33. The molecule has 7 heteroatoms. The molecule has 31 heavy (non-hydrogen) atoms. The van der Waals surface area contributed by atoms with E-state index in [9.17, 15) is 14.4 Å². The van der Waals surface area contributed by atoms with E-state index in [2.05, 4.69) is 10.3 Å². The van der Waals surface area contributed by atoms with Gasteiger partial charge in [0.05, 0.1) is 21.7 Å². The Balaban J connectivity index is 1.78. The summed E-state index contributed by atoms with van der Waals surface area (Å²) in [5, 5.41) is 3.44. The summed E-state index contributed by atoms with van der Waals surface area (Å²) in [5.74, 6) is -0.771. The second-order valence-corrected chi connectivity index (χ2v) is 7.45. The maximum absolute atomic E-state index is 13.0. The van der Waals surface area contributed by atoms with E-state index in [1.54, 1.807) is 73.7 Å². The Morgan fingerprint density at radius 2 is 1.71 bits per heavy atom. The lowest BCUT2D eigenvalue weighted by Gasteiger charge is -2.13. The minimum atomic E-state index is -0.417. The Bertz CT molecular complexity index is 1360. The number of ketones is 1. The van der Waals surface area contributed by atoms with Crippen molar-refractivity contribution in [2.75, 3.05) is 5.32 Å². The molecule has 1 amide bonds. The van der Waals surface area contributed by atoms with Gasteiger partial charge in [-0.05, 0) is 31.2 Å². The molecule has 6 nitrogen and oxygen atoms in total. The van der Waals surface area contributed by atoms with E-state index in [-0.39, 0.29) is 23.4 Å². The van der Waals surface area contributed by atoms with Gasteiger partial charge in [0.1, 0.15) is 12.2 Å². The van der Waals surface area contributed by atoms with Crippen LogP contribution < -0.4 is 10.7 Å². The third-order valence-electron chi connectivity index (χ3n) is 4.80. The van der Waals surface area contributed by atoms with Gasteiger partial charge in [0.15, 0.2) is 5.78 Å². The zero-order chi connectivity index (χ0) is 22.0. The fourth-order valence-corrected chi connectivity index (χ4v) is 3.48. The number of amides is 1. The monoisotopic (exact) mass is 431 g/mol. The maximum atomic E-state index is 13.0. The molecule has 154 valence electrons. The molecule has 0 atom stereocenters. The van der Waals surface area contributed by atoms with Crippen molar-refractivity contribution in [1.29, 1.82) is 0 Å². The van der Waals surface area contributed by atoms with E-state index in [1.165, 1.54) is 10.8 Å². The molecule has 1 N–H and O–H groups in total. The minimum Gasteiger partial charge on any atom is -0.323 e. The van der Waals surface area contributed by atoms with Crippen LogP contribution >= 0.6 is 11.6 Å². The number of anilines is 1. The predicted octanol–water partition coefficient (Wildman–Crippen LogP) is 4.23. The van der Waals surface area contributed by atoms with Gasteiger partial charge in [0.2, 0.25) is 11.3 Å². The van der Waals surface area contributed by atoms with Gasteiger partial charge < -0.3 is 9.88 Å². The van der Waals surface area contributed by atoms with Crippen LogP contribution in [0.4, 0.5) is 5.69 Å². The van der Waals surface area contributed by atoms with Crippen molar-refractivity contribution in [3.63, 3.8) is 0 Å². The molecule has 0 bridgehead atoms. The van der Waals surface area contributed by atoms with Crippen LogP contribution in [0, 0.1) is 6.92 Å². The van der Waals surface area contributed by atoms with Gasteiger partial charge in [-0.15, -0.1) is 0 Å². The first-order chi connectivity index (χ1) is 14.9. The molecular weight excluding hydrogens is 414 g/mol. The molecule has 2 heterocycles. The summed E-state index contributed by atoms with van der Waals surface area (Å²) in [4.78, 5) is 43.2. The van der Waals surface area contributed by atoms with E-state index in [0.29, 0.717) is 27.6 Å². The highest BCUT2D eigenvalue weighted by Gasteiger charge is 2.19. The number of nitrogens with zero attached hydrogens (tertiary/aromatic N) is 2. The van der Waals surface area contributed by atoms with Crippen LogP contribution in [-0.2, 0) is 11.3 Å². The quantitative estimate of drug-likeness (QED) is 0.479. The molecule has 0 aliphatic rings. The van der Waals surface area contributed by atoms with Crippen LogP contribution in [0.5, 0.6) is 0 Å². The molecule has 4 rings (SSSR count). The lowest BCUT2D eigenvalue weighted by Crippen LogP contribution is -2.25. The van der Waals surface area contributed by atoms with E-state index >= 15 is 0 Å². The van der Waals surface area contributed by atoms with Crippen LogP contribution in [0.1, 0.15) is 21.6 Å². The van der Waals surface area contributed by atoms with Crippen molar-refractivity contribution in [3.8, 4) is 0 Å². The first kappa shape index (κ1) is 20.5. The second-order valence-electron chi connectivity index (χ2n) is 7.05. The fraction of sp³-hybridized carbons (Fsp3) is 0.0833. The molecule has 0 aliphatic heterocycles.